The third-order valence-corrected chi connectivity index (χ3v) is 3.87. The molecule has 1 fully saturated rings. The number of hydrogen-bond acceptors (Lipinski definition) is 5. The number of fused-ring (bicyclic) bond motifs is 1. The van der Waals surface area contributed by atoms with E-state index < -0.39 is 0 Å². The number of hydrogen-bond donors (Lipinski definition) is 2. The van der Waals surface area contributed by atoms with Crippen molar-refractivity contribution in [1.29, 1.82) is 0 Å². The Balaban J connectivity index is 1.61. The van der Waals surface area contributed by atoms with Gasteiger partial charge in [-0.25, -0.2) is 0 Å². The topological polar surface area (TPSA) is 60.0 Å². The smallest absolute Gasteiger partial charge is 0.231 e. The van der Waals surface area contributed by atoms with Crippen LogP contribution < -0.4 is 14.8 Å². The molecule has 2 atom stereocenters. The van der Waals surface area contributed by atoms with E-state index in [0.29, 0.717) is 30.2 Å². The number of benzene rings is 1. The molecule has 19 heavy (non-hydrogen) atoms. The molecule has 0 aromatic heterocycles. The van der Waals surface area contributed by atoms with Gasteiger partial charge in [0.05, 0.1) is 6.10 Å². The molecule has 1 aromatic rings. The van der Waals surface area contributed by atoms with Gasteiger partial charge in [-0.15, -0.1) is 0 Å². The van der Waals surface area contributed by atoms with E-state index in [0.717, 1.165) is 24.8 Å². The molecule has 5 heteroatoms. The standard InChI is InChI=1S/C14H19NO4/c1-17-11-3-2-10(5-11)15-7-9-4-13-14(6-12(9)16)19-8-18-13/h4,6,10-11,15-16H,2-3,5,7-8H2,1H3. The van der Waals surface area contributed by atoms with Gasteiger partial charge in [0.1, 0.15) is 5.75 Å². The number of phenolic OH excluding ortho intramolecular Hbond substituents is 1. The Bertz CT molecular complexity index is 463. The summed E-state index contributed by atoms with van der Waals surface area (Å²) in [6, 6.07) is 3.91. The van der Waals surface area contributed by atoms with Crippen molar-refractivity contribution < 1.29 is 19.3 Å². The minimum absolute atomic E-state index is 0.226. The lowest BCUT2D eigenvalue weighted by molar-refractivity contribution is 0.107. The average molecular weight is 265 g/mol. The van der Waals surface area contributed by atoms with Crippen LogP contribution in [0.4, 0.5) is 0 Å². The number of ether oxygens (including phenoxy) is 3. The molecule has 3 rings (SSSR count). The summed E-state index contributed by atoms with van der Waals surface area (Å²) >= 11 is 0. The quantitative estimate of drug-likeness (QED) is 0.869. The summed E-state index contributed by atoms with van der Waals surface area (Å²) in [4.78, 5) is 0. The van der Waals surface area contributed by atoms with Crippen LogP contribution in [0.3, 0.4) is 0 Å². The molecule has 1 aliphatic carbocycles. The van der Waals surface area contributed by atoms with Crippen LogP contribution in [0.15, 0.2) is 12.1 Å². The van der Waals surface area contributed by atoms with E-state index in [1.54, 1.807) is 13.2 Å². The fourth-order valence-electron chi connectivity index (χ4n) is 2.71. The molecule has 1 saturated carbocycles. The third-order valence-electron chi connectivity index (χ3n) is 3.87. The van der Waals surface area contributed by atoms with Crippen molar-refractivity contribution in [3.8, 4) is 17.2 Å². The summed E-state index contributed by atoms with van der Waals surface area (Å²) in [6.07, 6.45) is 3.61. The third kappa shape index (κ3) is 2.62. The van der Waals surface area contributed by atoms with Crippen molar-refractivity contribution in [2.45, 2.75) is 38.0 Å². The minimum atomic E-state index is 0.226. The summed E-state index contributed by atoms with van der Waals surface area (Å²) < 4.78 is 15.9. The lowest BCUT2D eigenvalue weighted by Crippen LogP contribution is -2.26. The molecule has 0 amide bonds. The summed E-state index contributed by atoms with van der Waals surface area (Å²) in [5.74, 6) is 1.57. The monoisotopic (exact) mass is 265 g/mol. The molecule has 0 radical (unpaired) electrons. The molecular weight excluding hydrogens is 246 g/mol. The van der Waals surface area contributed by atoms with Crippen molar-refractivity contribution in [3.63, 3.8) is 0 Å². The van der Waals surface area contributed by atoms with Crippen LogP contribution in [0.25, 0.3) is 0 Å². The Morgan fingerprint density at radius 1 is 1.32 bits per heavy atom. The molecule has 104 valence electrons. The lowest BCUT2D eigenvalue weighted by Gasteiger charge is -2.14. The maximum absolute atomic E-state index is 9.95. The first-order valence-corrected chi connectivity index (χ1v) is 6.64. The summed E-state index contributed by atoms with van der Waals surface area (Å²) in [5.41, 5.74) is 0.838. The Hall–Kier alpha value is -1.46. The number of rotatable bonds is 4. The van der Waals surface area contributed by atoms with E-state index in [1.807, 2.05) is 6.07 Å². The van der Waals surface area contributed by atoms with Gasteiger partial charge in [-0.2, -0.15) is 0 Å². The normalized spacial score (nSPS) is 24.9. The Labute approximate surface area is 112 Å². The van der Waals surface area contributed by atoms with Crippen LogP contribution in [0.5, 0.6) is 17.2 Å². The first-order chi connectivity index (χ1) is 9.26. The molecule has 2 N–H and O–H groups in total. The molecule has 2 aliphatic rings. The van der Waals surface area contributed by atoms with E-state index in [9.17, 15) is 5.11 Å². The van der Waals surface area contributed by atoms with Crippen LogP contribution in [-0.2, 0) is 11.3 Å². The lowest BCUT2D eigenvalue weighted by atomic mass is 10.1. The van der Waals surface area contributed by atoms with Crippen molar-refractivity contribution in [3.05, 3.63) is 17.7 Å². The van der Waals surface area contributed by atoms with Gasteiger partial charge < -0.3 is 24.6 Å². The molecule has 5 nitrogen and oxygen atoms in total. The first-order valence-electron chi connectivity index (χ1n) is 6.64. The predicted octanol–water partition coefficient (Wildman–Crippen LogP) is 1.78. The van der Waals surface area contributed by atoms with Crippen molar-refractivity contribution in [2.24, 2.45) is 0 Å². The van der Waals surface area contributed by atoms with E-state index in [4.69, 9.17) is 14.2 Å². The van der Waals surface area contributed by atoms with Gasteiger partial charge in [-0.05, 0) is 25.3 Å². The van der Waals surface area contributed by atoms with Gasteiger partial charge in [0.2, 0.25) is 6.79 Å². The largest absolute Gasteiger partial charge is 0.507 e. The number of nitrogens with one attached hydrogen (secondary N) is 1. The van der Waals surface area contributed by atoms with Gasteiger partial charge in [-0.1, -0.05) is 0 Å². The highest BCUT2D eigenvalue weighted by molar-refractivity contribution is 5.51. The molecule has 1 aromatic carbocycles. The number of phenols is 1. The second kappa shape index (κ2) is 5.27. The summed E-state index contributed by atoms with van der Waals surface area (Å²) in [5, 5.41) is 13.4. The fraction of sp³-hybridized carbons (Fsp3) is 0.571. The second-order valence-corrected chi connectivity index (χ2v) is 5.08. The molecule has 0 spiro atoms. The van der Waals surface area contributed by atoms with Gasteiger partial charge >= 0.3 is 0 Å². The van der Waals surface area contributed by atoms with Gasteiger partial charge in [0, 0.05) is 31.3 Å². The van der Waals surface area contributed by atoms with Crippen molar-refractivity contribution >= 4 is 0 Å². The SMILES string of the molecule is COC1CCC(NCc2cc3c(cc2O)OCO3)C1. The highest BCUT2D eigenvalue weighted by atomic mass is 16.7. The van der Waals surface area contributed by atoms with Crippen LogP contribution in [0, 0.1) is 0 Å². The summed E-state index contributed by atoms with van der Waals surface area (Å²) in [6.45, 7) is 0.855. The van der Waals surface area contributed by atoms with Crippen LogP contribution >= 0.6 is 0 Å². The molecule has 2 unspecified atom stereocenters. The maximum atomic E-state index is 9.95. The Morgan fingerprint density at radius 2 is 2.11 bits per heavy atom. The zero-order chi connectivity index (χ0) is 13.2. The van der Waals surface area contributed by atoms with E-state index >= 15 is 0 Å². The highest BCUT2D eigenvalue weighted by Crippen LogP contribution is 2.37. The van der Waals surface area contributed by atoms with Crippen LogP contribution in [0.2, 0.25) is 0 Å². The van der Waals surface area contributed by atoms with Gasteiger partial charge in [0.15, 0.2) is 11.5 Å². The van der Waals surface area contributed by atoms with Crippen LogP contribution in [0.1, 0.15) is 24.8 Å². The van der Waals surface area contributed by atoms with Gasteiger partial charge in [-0.3, -0.25) is 0 Å². The minimum Gasteiger partial charge on any atom is -0.507 e. The molecule has 0 bridgehead atoms. The fourth-order valence-corrected chi connectivity index (χ4v) is 2.71. The maximum Gasteiger partial charge on any atom is 0.231 e. The van der Waals surface area contributed by atoms with E-state index in [2.05, 4.69) is 5.32 Å². The molecule has 0 saturated heterocycles. The number of aromatic hydroxyl groups is 1. The van der Waals surface area contributed by atoms with Gasteiger partial charge in [0.25, 0.3) is 0 Å². The molecular formula is C14H19NO4. The van der Waals surface area contributed by atoms with Crippen LogP contribution in [-0.4, -0.2) is 31.2 Å². The van der Waals surface area contributed by atoms with Crippen molar-refractivity contribution in [2.75, 3.05) is 13.9 Å². The second-order valence-electron chi connectivity index (χ2n) is 5.08. The van der Waals surface area contributed by atoms with E-state index in [1.165, 1.54) is 0 Å². The molecule has 1 heterocycles. The zero-order valence-corrected chi connectivity index (χ0v) is 11.0. The Kier molecular flexibility index (Phi) is 3.48. The zero-order valence-electron chi connectivity index (χ0n) is 11.0. The Morgan fingerprint density at radius 3 is 2.84 bits per heavy atom. The summed E-state index contributed by atoms with van der Waals surface area (Å²) in [7, 11) is 1.76. The highest BCUT2D eigenvalue weighted by Gasteiger charge is 2.24. The average Bonchev–Trinajstić information content (AvgIpc) is 3.03. The number of methoxy groups -OCH3 is 1. The van der Waals surface area contributed by atoms with Crippen molar-refractivity contribution in [1.82, 2.24) is 5.32 Å². The first kappa shape index (κ1) is 12.6. The predicted molar refractivity (Wildman–Crippen MR) is 69.5 cm³/mol. The molecule has 1 aliphatic heterocycles. The van der Waals surface area contributed by atoms with E-state index in [-0.39, 0.29) is 12.5 Å².